The van der Waals surface area contributed by atoms with Gasteiger partial charge in [-0.1, -0.05) is 243 Å². The summed E-state index contributed by atoms with van der Waals surface area (Å²) in [5.74, 6) is -0.400. The maximum Gasteiger partial charge on any atom is 0.306 e. The van der Waals surface area contributed by atoms with E-state index < -0.39 is 6.10 Å². The molecule has 0 saturated heterocycles. The van der Waals surface area contributed by atoms with Crippen molar-refractivity contribution in [2.45, 2.75) is 284 Å². The first-order valence-electron chi connectivity index (χ1n) is 27.2. The van der Waals surface area contributed by atoms with E-state index in [1.807, 2.05) is 0 Å². The molecule has 0 aliphatic heterocycles. The van der Waals surface area contributed by atoms with Crippen LogP contribution in [0.2, 0.25) is 0 Å². The Morgan fingerprint density at radius 1 is 0.371 bits per heavy atom. The zero-order valence-electron chi connectivity index (χ0n) is 41.6. The molecule has 0 aromatic heterocycles. The van der Waals surface area contributed by atoms with Gasteiger partial charge in [-0.15, -0.1) is 0 Å². The molecule has 62 heavy (non-hydrogen) atoms. The van der Waals surface area contributed by atoms with Gasteiger partial charge in [0.25, 0.3) is 0 Å². The van der Waals surface area contributed by atoms with E-state index >= 15 is 0 Å². The molecule has 1 atom stereocenters. The number of esters is 2. The fraction of sp³-hybridized carbons (Fsp3) is 0.825. The number of carbonyl (C=O) groups excluding carboxylic acids is 2. The number of rotatable bonds is 50. The molecule has 5 nitrogen and oxygen atoms in total. The minimum Gasteiger partial charge on any atom is -0.462 e. The summed E-state index contributed by atoms with van der Waals surface area (Å²) in [6, 6.07) is 0. The molecule has 1 unspecified atom stereocenters. The first kappa shape index (κ1) is 59.9. The normalized spacial score (nSPS) is 12.5. The lowest BCUT2D eigenvalue weighted by Crippen LogP contribution is -2.30. The van der Waals surface area contributed by atoms with E-state index in [9.17, 15) is 9.59 Å². The zero-order chi connectivity index (χ0) is 44.9. The lowest BCUT2D eigenvalue weighted by atomic mass is 10.0. The second kappa shape index (κ2) is 53.2. The van der Waals surface area contributed by atoms with Gasteiger partial charge in [0, 0.05) is 19.4 Å². The number of hydrogen-bond acceptors (Lipinski definition) is 5. The predicted molar refractivity (Wildman–Crippen MR) is 270 cm³/mol. The maximum absolute atomic E-state index is 12.8. The van der Waals surface area contributed by atoms with Crippen LogP contribution in [0.1, 0.15) is 278 Å². The first-order chi connectivity index (χ1) is 30.6. The fourth-order valence-corrected chi connectivity index (χ4v) is 7.80. The van der Waals surface area contributed by atoms with Crippen LogP contribution in [-0.4, -0.2) is 37.9 Å². The van der Waals surface area contributed by atoms with Gasteiger partial charge in [-0.2, -0.15) is 0 Å². The van der Waals surface area contributed by atoms with Crippen LogP contribution in [0, 0.1) is 0 Å². The summed E-state index contributed by atoms with van der Waals surface area (Å²) in [6.45, 7) is 7.70. The molecule has 0 spiro atoms. The molecular formula is C57H104O5. The number of hydrogen-bond donors (Lipinski definition) is 0. The van der Waals surface area contributed by atoms with E-state index in [0.29, 0.717) is 19.4 Å². The van der Waals surface area contributed by atoms with Crippen LogP contribution in [0.5, 0.6) is 0 Å². The van der Waals surface area contributed by atoms with Gasteiger partial charge in [-0.25, -0.2) is 0 Å². The van der Waals surface area contributed by atoms with Crippen molar-refractivity contribution in [1.82, 2.24) is 0 Å². The van der Waals surface area contributed by atoms with Crippen LogP contribution in [0.25, 0.3) is 0 Å². The third-order valence-electron chi connectivity index (χ3n) is 11.8. The van der Waals surface area contributed by atoms with Gasteiger partial charge in [-0.05, 0) is 70.6 Å². The Hall–Kier alpha value is -2.14. The van der Waals surface area contributed by atoms with Gasteiger partial charge in [-0.3, -0.25) is 9.59 Å². The molecule has 0 aliphatic rings. The minimum atomic E-state index is -0.541. The largest absolute Gasteiger partial charge is 0.462 e. The van der Waals surface area contributed by atoms with Gasteiger partial charge < -0.3 is 14.2 Å². The summed E-state index contributed by atoms with van der Waals surface area (Å²) in [6.07, 6.45) is 65.5. The van der Waals surface area contributed by atoms with Crippen molar-refractivity contribution >= 4 is 11.9 Å². The highest BCUT2D eigenvalue weighted by Gasteiger charge is 2.17. The van der Waals surface area contributed by atoms with Crippen LogP contribution >= 0.6 is 0 Å². The monoisotopic (exact) mass is 869 g/mol. The fourth-order valence-electron chi connectivity index (χ4n) is 7.80. The van der Waals surface area contributed by atoms with Crippen molar-refractivity contribution in [3.8, 4) is 0 Å². The molecule has 0 heterocycles. The topological polar surface area (TPSA) is 61.8 Å². The first-order valence-corrected chi connectivity index (χ1v) is 27.2. The molecule has 0 N–H and O–H groups in total. The van der Waals surface area contributed by atoms with Gasteiger partial charge in [0.05, 0.1) is 6.61 Å². The molecule has 0 aromatic rings. The molecule has 0 rings (SSSR count). The Balaban J connectivity index is 4.20. The van der Waals surface area contributed by atoms with E-state index in [2.05, 4.69) is 69.4 Å². The third-order valence-corrected chi connectivity index (χ3v) is 11.8. The summed E-state index contributed by atoms with van der Waals surface area (Å²) >= 11 is 0. The van der Waals surface area contributed by atoms with Gasteiger partial charge in [0.1, 0.15) is 6.61 Å². The molecule has 0 amide bonds. The van der Waals surface area contributed by atoms with Gasteiger partial charge in [0.15, 0.2) is 6.10 Å². The minimum absolute atomic E-state index is 0.0824. The van der Waals surface area contributed by atoms with Crippen molar-refractivity contribution < 1.29 is 23.8 Å². The van der Waals surface area contributed by atoms with Crippen LogP contribution in [-0.2, 0) is 23.8 Å². The van der Waals surface area contributed by atoms with E-state index in [1.165, 1.54) is 173 Å². The smallest absolute Gasteiger partial charge is 0.306 e. The van der Waals surface area contributed by atoms with Crippen molar-refractivity contribution in [1.29, 1.82) is 0 Å². The quantitative estimate of drug-likeness (QED) is 0.0346. The standard InChI is InChI=1S/C57H104O5/c1-4-7-10-13-16-19-22-24-26-28-30-32-34-37-40-43-46-49-52-60-53-55(62-57(59)51-48-45-42-39-35-21-18-15-12-9-6-3)54-61-56(58)50-47-44-41-38-36-33-31-29-27-25-23-20-17-14-11-8-5-2/h7,10,15-16,18-19,24,26,55H,4-6,8-9,11-14,17,20-23,25,27-54H2,1-3H3/b10-7-,18-15-,19-16-,26-24-. The van der Waals surface area contributed by atoms with Crippen LogP contribution < -0.4 is 0 Å². The lowest BCUT2D eigenvalue weighted by molar-refractivity contribution is -0.163. The van der Waals surface area contributed by atoms with Gasteiger partial charge in [0.2, 0.25) is 0 Å². The Bertz CT molecular complexity index is 1030. The molecule has 0 saturated carbocycles. The highest BCUT2D eigenvalue weighted by molar-refractivity contribution is 5.70. The third kappa shape index (κ3) is 50.5. The molecule has 0 fully saturated rings. The highest BCUT2D eigenvalue weighted by atomic mass is 16.6. The molecule has 362 valence electrons. The number of carbonyl (C=O) groups is 2. The van der Waals surface area contributed by atoms with Gasteiger partial charge >= 0.3 is 11.9 Å². The molecule has 0 bridgehead atoms. The van der Waals surface area contributed by atoms with Crippen molar-refractivity contribution in [3.63, 3.8) is 0 Å². The maximum atomic E-state index is 12.8. The SMILES string of the molecule is CC/C=C\C/C=C\C/C=C\CCCCCCCCCCOCC(COC(=O)CCCCCCCCCCCCCCCCCCC)OC(=O)CCCCCCC/C=C\CCCC. The number of ether oxygens (including phenoxy) is 3. The predicted octanol–water partition coefficient (Wildman–Crippen LogP) is 18.3. The van der Waals surface area contributed by atoms with E-state index in [-0.39, 0.29) is 25.2 Å². The molecule has 0 aliphatic carbocycles. The number of unbranched alkanes of at least 4 members (excludes halogenated alkanes) is 31. The number of allylic oxidation sites excluding steroid dienone is 8. The molecular weight excluding hydrogens is 765 g/mol. The van der Waals surface area contributed by atoms with Crippen LogP contribution in [0.3, 0.4) is 0 Å². The Morgan fingerprint density at radius 2 is 0.742 bits per heavy atom. The van der Waals surface area contributed by atoms with Crippen molar-refractivity contribution in [2.24, 2.45) is 0 Å². The lowest BCUT2D eigenvalue weighted by Gasteiger charge is -2.18. The molecule has 5 heteroatoms. The summed E-state index contributed by atoms with van der Waals surface area (Å²) in [4.78, 5) is 25.4. The summed E-state index contributed by atoms with van der Waals surface area (Å²) in [7, 11) is 0. The van der Waals surface area contributed by atoms with E-state index in [4.69, 9.17) is 14.2 Å². The second-order valence-electron chi connectivity index (χ2n) is 18.1. The Kier molecular flexibility index (Phi) is 51.4. The van der Waals surface area contributed by atoms with Crippen molar-refractivity contribution in [2.75, 3.05) is 19.8 Å². The zero-order valence-corrected chi connectivity index (χ0v) is 41.6. The van der Waals surface area contributed by atoms with E-state index in [0.717, 1.165) is 70.6 Å². The Labute approximate surface area is 386 Å². The summed E-state index contributed by atoms with van der Waals surface area (Å²) < 4.78 is 17.4. The van der Waals surface area contributed by atoms with Crippen LogP contribution in [0.4, 0.5) is 0 Å². The van der Waals surface area contributed by atoms with E-state index in [1.54, 1.807) is 0 Å². The Morgan fingerprint density at radius 3 is 1.23 bits per heavy atom. The summed E-state index contributed by atoms with van der Waals surface area (Å²) in [5.41, 5.74) is 0. The van der Waals surface area contributed by atoms with Crippen LogP contribution in [0.15, 0.2) is 48.6 Å². The summed E-state index contributed by atoms with van der Waals surface area (Å²) in [5, 5.41) is 0. The molecule has 0 radical (unpaired) electrons. The molecule has 0 aromatic carbocycles. The average molecular weight is 869 g/mol. The van der Waals surface area contributed by atoms with Crippen molar-refractivity contribution in [3.05, 3.63) is 48.6 Å². The second-order valence-corrected chi connectivity index (χ2v) is 18.1. The highest BCUT2D eigenvalue weighted by Crippen LogP contribution is 2.16. The average Bonchev–Trinajstić information content (AvgIpc) is 3.27.